The van der Waals surface area contributed by atoms with Crippen molar-refractivity contribution in [1.29, 1.82) is 0 Å². The molecule has 14 heavy (non-hydrogen) atoms. The van der Waals surface area contributed by atoms with Gasteiger partial charge in [-0.3, -0.25) is 0 Å². The third-order valence-corrected chi connectivity index (χ3v) is 2.11. The molecular formula is C9H9ClN4. The van der Waals surface area contributed by atoms with Crippen molar-refractivity contribution in [1.82, 2.24) is 14.8 Å². The zero-order valence-electron chi connectivity index (χ0n) is 7.61. The molecule has 0 saturated heterocycles. The molecule has 72 valence electrons. The standard InChI is InChI=1S/C9H9ClN4/c1-6-5-14(13-9(6)11)8-3-2-7(10)4-12-8/h2-5H,1H3,(H2,11,13). The highest BCUT2D eigenvalue weighted by Crippen LogP contribution is 2.12. The van der Waals surface area contributed by atoms with Gasteiger partial charge in [-0.05, 0) is 19.1 Å². The summed E-state index contributed by atoms with van der Waals surface area (Å²) in [5.74, 6) is 1.22. The minimum absolute atomic E-state index is 0.516. The zero-order valence-corrected chi connectivity index (χ0v) is 8.36. The summed E-state index contributed by atoms with van der Waals surface area (Å²) in [6, 6.07) is 3.55. The molecule has 0 amide bonds. The van der Waals surface area contributed by atoms with Crippen LogP contribution in [0.4, 0.5) is 5.82 Å². The first-order valence-electron chi connectivity index (χ1n) is 4.10. The lowest BCUT2D eigenvalue weighted by atomic mass is 10.4. The van der Waals surface area contributed by atoms with Crippen LogP contribution in [-0.4, -0.2) is 14.8 Å². The average molecular weight is 209 g/mol. The van der Waals surface area contributed by atoms with Crippen LogP contribution in [0.5, 0.6) is 0 Å². The Labute approximate surface area is 86.3 Å². The third-order valence-electron chi connectivity index (χ3n) is 1.88. The predicted molar refractivity (Wildman–Crippen MR) is 55.5 cm³/mol. The Hall–Kier alpha value is -1.55. The summed E-state index contributed by atoms with van der Waals surface area (Å²) in [4.78, 5) is 4.12. The van der Waals surface area contributed by atoms with Gasteiger partial charge >= 0.3 is 0 Å². The molecular weight excluding hydrogens is 200 g/mol. The van der Waals surface area contributed by atoms with Gasteiger partial charge in [-0.25, -0.2) is 9.67 Å². The van der Waals surface area contributed by atoms with Gasteiger partial charge in [-0.15, -0.1) is 5.10 Å². The molecule has 0 aliphatic rings. The lowest BCUT2D eigenvalue weighted by Crippen LogP contribution is -1.98. The maximum atomic E-state index is 5.72. The Balaban J connectivity index is 2.44. The van der Waals surface area contributed by atoms with Gasteiger partial charge in [0.15, 0.2) is 5.82 Å². The second-order valence-corrected chi connectivity index (χ2v) is 3.41. The number of nitrogen functional groups attached to an aromatic ring is 1. The van der Waals surface area contributed by atoms with Gasteiger partial charge in [0.25, 0.3) is 0 Å². The largest absolute Gasteiger partial charge is 0.382 e. The quantitative estimate of drug-likeness (QED) is 0.778. The highest BCUT2D eigenvalue weighted by Gasteiger charge is 2.03. The van der Waals surface area contributed by atoms with Crippen LogP contribution in [0.1, 0.15) is 5.56 Å². The summed E-state index contributed by atoms with van der Waals surface area (Å²) in [5.41, 5.74) is 6.55. The fraction of sp³-hybridized carbons (Fsp3) is 0.111. The van der Waals surface area contributed by atoms with E-state index < -0.39 is 0 Å². The molecule has 0 aliphatic heterocycles. The molecule has 0 aromatic carbocycles. The van der Waals surface area contributed by atoms with E-state index >= 15 is 0 Å². The molecule has 2 heterocycles. The van der Waals surface area contributed by atoms with Gasteiger partial charge in [-0.2, -0.15) is 0 Å². The summed E-state index contributed by atoms with van der Waals surface area (Å²) < 4.78 is 1.63. The molecule has 0 aliphatic carbocycles. The topological polar surface area (TPSA) is 56.7 Å². The molecule has 2 aromatic rings. The van der Waals surface area contributed by atoms with E-state index in [-0.39, 0.29) is 0 Å². The molecule has 0 saturated carbocycles. The molecule has 0 spiro atoms. The van der Waals surface area contributed by atoms with Gasteiger partial charge in [-0.1, -0.05) is 11.6 Å². The van der Waals surface area contributed by atoms with E-state index in [1.165, 1.54) is 0 Å². The smallest absolute Gasteiger partial charge is 0.153 e. The Kier molecular flexibility index (Phi) is 2.13. The minimum Gasteiger partial charge on any atom is -0.382 e. The van der Waals surface area contributed by atoms with Gasteiger partial charge in [0, 0.05) is 18.0 Å². The monoisotopic (exact) mass is 208 g/mol. The summed E-state index contributed by atoms with van der Waals surface area (Å²) >= 11 is 5.72. The van der Waals surface area contributed by atoms with E-state index in [9.17, 15) is 0 Å². The summed E-state index contributed by atoms with van der Waals surface area (Å²) in [6.45, 7) is 1.90. The van der Waals surface area contributed by atoms with Crippen molar-refractivity contribution in [3.63, 3.8) is 0 Å². The van der Waals surface area contributed by atoms with Gasteiger partial charge in [0.1, 0.15) is 5.82 Å². The molecule has 0 bridgehead atoms. The number of hydrogen-bond donors (Lipinski definition) is 1. The number of aryl methyl sites for hydroxylation is 1. The van der Waals surface area contributed by atoms with Crippen molar-refractivity contribution in [2.45, 2.75) is 6.92 Å². The Morgan fingerprint density at radius 2 is 2.21 bits per heavy atom. The van der Waals surface area contributed by atoms with E-state index in [2.05, 4.69) is 10.1 Å². The molecule has 0 radical (unpaired) electrons. The number of pyridine rings is 1. The molecule has 2 rings (SSSR count). The fourth-order valence-electron chi connectivity index (χ4n) is 1.09. The van der Waals surface area contributed by atoms with Gasteiger partial charge in [0.2, 0.25) is 0 Å². The highest BCUT2D eigenvalue weighted by molar-refractivity contribution is 6.30. The number of anilines is 1. The van der Waals surface area contributed by atoms with Crippen molar-refractivity contribution in [3.05, 3.63) is 35.1 Å². The second kappa shape index (κ2) is 3.31. The zero-order chi connectivity index (χ0) is 10.1. The fourth-order valence-corrected chi connectivity index (χ4v) is 1.21. The van der Waals surface area contributed by atoms with Crippen LogP contribution in [0, 0.1) is 6.92 Å². The number of halogens is 1. The van der Waals surface area contributed by atoms with E-state index in [0.29, 0.717) is 16.7 Å². The second-order valence-electron chi connectivity index (χ2n) is 2.98. The lowest BCUT2D eigenvalue weighted by Gasteiger charge is -1.98. The molecule has 5 heteroatoms. The van der Waals surface area contributed by atoms with Crippen LogP contribution in [0.3, 0.4) is 0 Å². The Bertz CT molecular complexity index is 427. The van der Waals surface area contributed by atoms with E-state index in [4.69, 9.17) is 17.3 Å². The summed E-state index contributed by atoms with van der Waals surface area (Å²) in [7, 11) is 0. The first-order chi connectivity index (χ1) is 6.66. The summed E-state index contributed by atoms with van der Waals surface area (Å²) in [6.07, 6.45) is 3.40. The molecule has 0 atom stereocenters. The summed E-state index contributed by atoms with van der Waals surface area (Å²) in [5, 5.41) is 4.70. The molecule has 0 fully saturated rings. The van der Waals surface area contributed by atoms with Crippen LogP contribution in [0.2, 0.25) is 5.02 Å². The SMILES string of the molecule is Cc1cn(-c2ccc(Cl)cn2)nc1N. The number of rotatable bonds is 1. The van der Waals surface area contributed by atoms with Crippen LogP contribution >= 0.6 is 11.6 Å². The van der Waals surface area contributed by atoms with E-state index in [1.807, 2.05) is 13.1 Å². The Morgan fingerprint density at radius 3 is 2.71 bits per heavy atom. The van der Waals surface area contributed by atoms with Gasteiger partial charge < -0.3 is 5.73 Å². The predicted octanol–water partition coefficient (Wildman–Crippen LogP) is 1.81. The van der Waals surface area contributed by atoms with Crippen LogP contribution < -0.4 is 5.73 Å². The molecule has 0 unspecified atom stereocenters. The number of nitrogens with two attached hydrogens (primary N) is 1. The van der Waals surface area contributed by atoms with Crippen molar-refractivity contribution < 1.29 is 0 Å². The first-order valence-corrected chi connectivity index (χ1v) is 4.48. The molecule has 2 N–H and O–H groups in total. The lowest BCUT2D eigenvalue weighted by molar-refractivity contribution is 0.851. The van der Waals surface area contributed by atoms with Crippen molar-refractivity contribution in [2.75, 3.05) is 5.73 Å². The average Bonchev–Trinajstić information content (AvgIpc) is 2.48. The van der Waals surface area contributed by atoms with E-state index in [1.54, 1.807) is 23.0 Å². The first kappa shape index (κ1) is 9.02. The number of aromatic nitrogens is 3. The van der Waals surface area contributed by atoms with Crippen molar-refractivity contribution in [2.24, 2.45) is 0 Å². The van der Waals surface area contributed by atoms with Crippen LogP contribution in [0.25, 0.3) is 5.82 Å². The van der Waals surface area contributed by atoms with Crippen LogP contribution in [0.15, 0.2) is 24.5 Å². The Morgan fingerprint density at radius 1 is 1.43 bits per heavy atom. The van der Waals surface area contributed by atoms with Crippen LogP contribution in [-0.2, 0) is 0 Å². The number of nitrogens with zero attached hydrogens (tertiary/aromatic N) is 3. The van der Waals surface area contributed by atoms with Crippen molar-refractivity contribution in [3.8, 4) is 5.82 Å². The third kappa shape index (κ3) is 1.56. The maximum absolute atomic E-state index is 5.72. The molecule has 4 nitrogen and oxygen atoms in total. The van der Waals surface area contributed by atoms with Gasteiger partial charge in [0.05, 0.1) is 5.02 Å². The van der Waals surface area contributed by atoms with E-state index in [0.717, 1.165) is 5.56 Å². The number of hydrogen-bond acceptors (Lipinski definition) is 3. The molecule has 2 aromatic heterocycles. The van der Waals surface area contributed by atoms with Crippen molar-refractivity contribution >= 4 is 17.4 Å². The maximum Gasteiger partial charge on any atom is 0.153 e. The highest BCUT2D eigenvalue weighted by atomic mass is 35.5. The normalized spacial score (nSPS) is 10.4. The minimum atomic E-state index is 0.516.